The molecule has 2 aromatic carbocycles. The van der Waals surface area contributed by atoms with Gasteiger partial charge in [0.25, 0.3) is 5.91 Å². The largest absolute Gasteiger partial charge is 0.336 e. The predicted molar refractivity (Wildman–Crippen MR) is 104 cm³/mol. The van der Waals surface area contributed by atoms with Crippen LogP contribution in [0.5, 0.6) is 0 Å². The van der Waals surface area contributed by atoms with E-state index < -0.39 is 0 Å². The minimum absolute atomic E-state index is 0.0707. The smallest absolute Gasteiger partial charge is 0.254 e. The fourth-order valence-electron chi connectivity index (χ4n) is 3.20. The van der Waals surface area contributed by atoms with Crippen molar-refractivity contribution in [1.29, 1.82) is 0 Å². The molecule has 1 saturated heterocycles. The Kier molecular flexibility index (Phi) is 6.18. The lowest BCUT2D eigenvalue weighted by Crippen LogP contribution is -2.48. The molecule has 0 bridgehead atoms. The predicted octanol–water partition coefficient (Wildman–Crippen LogP) is 3.86. The zero-order valence-corrected chi connectivity index (χ0v) is 15.2. The van der Waals surface area contributed by atoms with Crippen molar-refractivity contribution in [2.45, 2.75) is 13.3 Å². The van der Waals surface area contributed by atoms with E-state index in [9.17, 15) is 9.18 Å². The molecule has 3 rings (SSSR count). The average molecular weight is 352 g/mol. The van der Waals surface area contributed by atoms with Gasteiger partial charge in [-0.1, -0.05) is 49.4 Å². The van der Waals surface area contributed by atoms with Gasteiger partial charge in [0.05, 0.1) is 0 Å². The van der Waals surface area contributed by atoms with Crippen LogP contribution in [0.1, 0.15) is 28.4 Å². The second-order valence-electron chi connectivity index (χ2n) is 6.61. The Balaban J connectivity index is 1.52. The summed E-state index contributed by atoms with van der Waals surface area (Å²) >= 11 is 0. The number of benzene rings is 2. The first kappa shape index (κ1) is 18.3. The second kappa shape index (κ2) is 8.77. The van der Waals surface area contributed by atoms with Gasteiger partial charge in [0.1, 0.15) is 5.82 Å². The summed E-state index contributed by atoms with van der Waals surface area (Å²) in [6.45, 7) is 5.86. The molecule has 0 radical (unpaired) electrons. The van der Waals surface area contributed by atoms with E-state index >= 15 is 0 Å². The topological polar surface area (TPSA) is 23.6 Å². The molecule has 1 amide bonds. The highest BCUT2D eigenvalue weighted by atomic mass is 19.1. The highest BCUT2D eigenvalue weighted by Crippen LogP contribution is 2.14. The molecule has 1 aliphatic heterocycles. The van der Waals surface area contributed by atoms with Crippen LogP contribution in [0.4, 0.5) is 4.39 Å². The first-order valence-corrected chi connectivity index (χ1v) is 9.18. The van der Waals surface area contributed by atoms with Crippen molar-refractivity contribution in [2.24, 2.45) is 0 Å². The third-order valence-electron chi connectivity index (χ3n) is 4.75. The number of hydrogen-bond donors (Lipinski definition) is 0. The summed E-state index contributed by atoms with van der Waals surface area (Å²) in [4.78, 5) is 16.8. The van der Waals surface area contributed by atoms with Crippen LogP contribution in [-0.4, -0.2) is 48.4 Å². The number of hydrogen-bond acceptors (Lipinski definition) is 2. The SMILES string of the molecule is CCc1cc(F)cc(C(=O)N2CCN(C/C=C/c3ccccc3)CC2)c1. The van der Waals surface area contributed by atoms with Crippen LogP contribution in [-0.2, 0) is 6.42 Å². The van der Waals surface area contributed by atoms with Crippen LogP contribution in [0.15, 0.2) is 54.6 Å². The van der Waals surface area contributed by atoms with E-state index in [-0.39, 0.29) is 11.7 Å². The van der Waals surface area contributed by atoms with Crippen molar-refractivity contribution in [3.8, 4) is 0 Å². The monoisotopic (exact) mass is 352 g/mol. The third-order valence-corrected chi connectivity index (χ3v) is 4.75. The number of aryl methyl sites for hydroxylation is 1. The van der Waals surface area contributed by atoms with Gasteiger partial charge in [-0.3, -0.25) is 9.69 Å². The van der Waals surface area contributed by atoms with Gasteiger partial charge in [-0.25, -0.2) is 4.39 Å². The first-order valence-electron chi connectivity index (χ1n) is 9.18. The minimum atomic E-state index is -0.336. The molecular weight excluding hydrogens is 327 g/mol. The van der Waals surface area contributed by atoms with Gasteiger partial charge < -0.3 is 4.90 Å². The van der Waals surface area contributed by atoms with Gasteiger partial charge in [-0.15, -0.1) is 0 Å². The van der Waals surface area contributed by atoms with Crippen molar-refractivity contribution in [2.75, 3.05) is 32.7 Å². The summed E-state index contributed by atoms with van der Waals surface area (Å²) in [5.41, 5.74) is 2.51. The lowest BCUT2D eigenvalue weighted by molar-refractivity contribution is 0.0649. The lowest BCUT2D eigenvalue weighted by Gasteiger charge is -2.34. The number of nitrogens with zero attached hydrogens (tertiary/aromatic N) is 2. The molecule has 1 heterocycles. The number of halogens is 1. The zero-order valence-electron chi connectivity index (χ0n) is 15.2. The number of piperazine rings is 1. The molecule has 2 aromatic rings. The van der Waals surface area contributed by atoms with Gasteiger partial charge in [-0.05, 0) is 35.7 Å². The Labute approximate surface area is 154 Å². The summed E-state index contributed by atoms with van der Waals surface area (Å²) < 4.78 is 13.7. The average Bonchev–Trinajstić information content (AvgIpc) is 2.68. The Morgan fingerprint density at radius 3 is 2.50 bits per heavy atom. The molecule has 3 nitrogen and oxygen atoms in total. The van der Waals surface area contributed by atoms with E-state index in [0.29, 0.717) is 18.7 Å². The standard InChI is InChI=1S/C22H25FN2O/c1-2-18-15-20(17-21(23)16-18)22(26)25-13-11-24(12-14-25)10-6-9-19-7-4-3-5-8-19/h3-9,15-17H,2,10-14H2,1H3/b9-6+. The third kappa shape index (κ3) is 4.79. The molecule has 0 unspecified atom stereocenters. The van der Waals surface area contributed by atoms with Crippen LogP contribution >= 0.6 is 0 Å². The Bertz CT molecular complexity index is 765. The lowest BCUT2D eigenvalue weighted by atomic mass is 10.1. The van der Waals surface area contributed by atoms with Crippen molar-refractivity contribution in [1.82, 2.24) is 9.80 Å². The van der Waals surface area contributed by atoms with Crippen molar-refractivity contribution < 1.29 is 9.18 Å². The molecule has 26 heavy (non-hydrogen) atoms. The Morgan fingerprint density at radius 2 is 1.81 bits per heavy atom. The number of carbonyl (C=O) groups is 1. The number of rotatable bonds is 5. The van der Waals surface area contributed by atoms with Crippen molar-refractivity contribution in [3.05, 3.63) is 77.1 Å². The second-order valence-corrected chi connectivity index (χ2v) is 6.61. The van der Waals surface area contributed by atoms with Gasteiger partial charge in [0.2, 0.25) is 0 Å². The fourth-order valence-corrected chi connectivity index (χ4v) is 3.20. The molecule has 0 atom stereocenters. The molecule has 4 heteroatoms. The van der Waals surface area contributed by atoms with Crippen LogP contribution < -0.4 is 0 Å². The highest BCUT2D eigenvalue weighted by Gasteiger charge is 2.22. The zero-order chi connectivity index (χ0) is 18.4. The Morgan fingerprint density at radius 1 is 1.08 bits per heavy atom. The fraction of sp³-hybridized carbons (Fsp3) is 0.318. The van der Waals surface area contributed by atoms with Crippen molar-refractivity contribution >= 4 is 12.0 Å². The molecule has 1 aliphatic rings. The van der Waals surface area contributed by atoms with Gasteiger partial charge in [-0.2, -0.15) is 0 Å². The van der Waals surface area contributed by atoms with Gasteiger partial charge >= 0.3 is 0 Å². The molecule has 0 N–H and O–H groups in total. The first-order chi connectivity index (χ1) is 12.7. The van der Waals surface area contributed by atoms with E-state index in [1.54, 1.807) is 6.07 Å². The Hall–Kier alpha value is -2.46. The van der Waals surface area contributed by atoms with Crippen LogP contribution in [0, 0.1) is 5.82 Å². The maximum absolute atomic E-state index is 13.7. The normalized spacial score (nSPS) is 15.5. The van der Waals surface area contributed by atoms with E-state index in [1.165, 1.54) is 17.7 Å². The van der Waals surface area contributed by atoms with E-state index in [4.69, 9.17) is 0 Å². The number of carbonyl (C=O) groups excluding carboxylic acids is 1. The summed E-state index contributed by atoms with van der Waals surface area (Å²) in [6.07, 6.45) is 5.00. The van der Waals surface area contributed by atoms with E-state index in [1.807, 2.05) is 30.0 Å². The summed E-state index contributed by atoms with van der Waals surface area (Å²) in [7, 11) is 0. The maximum Gasteiger partial charge on any atom is 0.254 e. The molecule has 0 aromatic heterocycles. The van der Waals surface area contributed by atoms with Crippen LogP contribution in [0.3, 0.4) is 0 Å². The minimum Gasteiger partial charge on any atom is -0.336 e. The highest BCUT2D eigenvalue weighted by molar-refractivity contribution is 5.94. The molecule has 136 valence electrons. The van der Waals surface area contributed by atoms with Crippen molar-refractivity contribution in [3.63, 3.8) is 0 Å². The van der Waals surface area contributed by atoms with Crippen LogP contribution in [0.25, 0.3) is 6.08 Å². The van der Waals surface area contributed by atoms with E-state index in [2.05, 4.69) is 29.2 Å². The summed E-state index contributed by atoms with van der Waals surface area (Å²) in [5, 5.41) is 0. The maximum atomic E-state index is 13.7. The molecule has 0 aliphatic carbocycles. The summed E-state index contributed by atoms with van der Waals surface area (Å²) in [6, 6.07) is 14.9. The number of amides is 1. The molecular formula is C22H25FN2O. The van der Waals surface area contributed by atoms with Gasteiger partial charge in [0, 0.05) is 38.3 Å². The summed E-state index contributed by atoms with van der Waals surface area (Å²) in [5.74, 6) is -0.406. The molecule has 0 saturated carbocycles. The molecule has 1 fully saturated rings. The van der Waals surface area contributed by atoms with Gasteiger partial charge in [0.15, 0.2) is 0 Å². The quantitative estimate of drug-likeness (QED) is 0.816. The molecule has 0 spiro atoms. The van der Waals surface area contributed by atoms with Crippen LogP contribution in [0.2, 0.25) is 0 Å². The van der Waals surface area contributed by atoms with E-state index in [0.717, 1.165) is 31.6 Å².